The molecule has 16 heavy (non-hydrogen) atoms. The fourth-order valence-corrected chi connectivity index (χ4v) is 2.05. The number of hydrogen-bond acceptors (Lipinski definition) is 2. The Bertz CT molecular complexity index is 497. The number of hydrogen-bond donors (Lipinski definition) is 0. The number of rotatable bonds is 3. The quantitative estimate of drug-likeness (QED) is 0.817. The van der Waals surface area contributed by atoms with Crippen molar-refractivity contribution in [1.82, 2.24) is 0 Å². The van der Waals surface area contributed by atoms with Crippen LogP contribution in [-0.2, 0) is 16.4 Å². The van der Waals surface area contributed by atoms with Gasteiger partial charge in [-0.2, -0.15) is 0 Å². The molecular formula is C11H16FNO2S. The van der Waals surface area contributed by atoms with Crippen LogP contribution in [0.2, 0.25) is 0 Å². The second-order valence-electron chi connectivity index (χ2n) is 3.81. The van der Waals surface area contributed by atoms with Gasteiger partial charge in [-0.15, -0.1) is 0 Å². The van der Waals surface area contributed by atoms with Crippen molar-refractivity contribution in [1.29, 1.82) is 0 Å². The molecular weight excluding hydrogens is 229 g/mol. The van der Waals surface area contributed by atoms with Crippen molar-refractivity contribution in [3.05, 3.63) is 29.1 Å². The summed E-state index contributed by atoms with van der Waals surface area (Å²) in [7, 11) is -1.84. The second-order valence-corrected chi connectivity index (χ2v) is 5.83. The molecule has 3 nitrogen and oxygen atoms in total. The van der Waals surface area contributed by atoms with Crippen LogP contribution in [0.1, 0.15) is 18.1 Å². The van der Waals surface area contributed by atoms with Crippen LogP contribution >= 0.6 is 0 Å². The Balaban J connectivity index is 3.35. The molecule has 0 aliphatic heterocycles. The standard InChI is InChI=1S/C11H16FNO2S/c1-5-9-7-11(8(2)6-10(9)12)13(3)16(4,14)15/h6-7H,5H2,1-4H3. The Hall–Kier alpha value is -1.10. The molecule has 0 unspecified atom stereocenters. The zero-order valence-electron chi connectivity index (χ0n) is 9.91. The minimum atomic E-state index is -3.31. The van der Waals surface area contributed by atoms with Crippen LogP contribution in [-0.4, -0.2) is 21.7 Å². The molecule has 0 saturated heterocycles. The lowest BCUT2D eigenvalue weighted by atomic mass is 10.1. The summed E-state index contributed by atoms with van der Waals surface area (Å²) in [5, 5.41) is 0. The van der Waals surface area contributed by atoms with Crippen LogP contribution in [0.5, 0.6) is 0 Å². The average molecular weight is 245 g/mol. The summed E-state index contributed by atoms with van der Waals surface area (Å²) in [5.41, 5.74) is 1.67. The third-order valence-electron chi connectivity index (χ3n) is 2.58. The highest BCUT2D eigenvalue weighted by atomic mass is 32.2. The summed E-state index contributed by atoms with van der Waals surface area (Å²) in [6.07, 6.45) is 1.66. The van der Waals surface area contributed by atoms with Gasteiger partial charge in [0.05, 0.1) is 11.9 Å². The van der Waals surface area contributed by atoms with Crippen LogP contribution in [0.3, 0.4) is 0 Å². The maximum absolute atomic E-state index is 13.4. The Labute approximate surface area is 95.9 Å². The number of halogens is 1. The lowest BCUT2D eigenvalue weighted by molar-refractivity contribution is 0.598. The minimum absolute atomic E-state index is 0.286. The van der Waals surface area contributed by atoms with Gasteiger partial charge in [-0.3, -0.25) is 4.31 Å². The predicted octanol–water partition coefficient (Wildman–Crippen LogP) is 2.09. The highest BCUT2D eigenvalue weighted by Crippen LogP contribution is 2.25. The third kappa shape index (κ3) is 2.52. The smallest absolute Gasteiger partial charge is 0.232 e. The Morgan fingerprint density at radius 2 is 1.94 bits per heavy atom. The Morgan fingerprint density at radius 1 is 1.38 bits per heavy atom. The van der Waals surface area contributed by atoms with Crippen LogP contribution in [0, 0.1) is 12.7 Å². The molecule has 1 rings (SSSR count). The van der Waals surface area contributed by atoms with Gasteiger partial charge in [0.1, 0.15) is 5.82 Å². The normalized spacial score (nSPS) is 11.6. The van der Waals surface area contributed by atoms with Crippen molar-refractivity contribution in [2.75, 3.05) is 17.6 Å². The number of sulfonamides is 1. The Morgan fingerprint density at radius 3 is 2.38 bits per heavy atom. The van der Waals surface area contributed by atoms with Gasteiger partial charge in [0, 0.05) is 7.05 Å². The van der Waals surface area contributed by atoms with Crippen LogP contribution in [0.15, 0.2) is 12.1 Å². The molecule has 0 amide bonds. The molecule has 0 saturated carbocycles. The SMILES string of the molecule is CCc1cc(N(C)S(C)(=O)=O)c(C)cc1F. The number of aryl methyl sites for hydroxylation is 2. The monoisotopic (exact) mass is 245 g/mol. The molecule has 0 heterocycles. The highest BCUT2D eigenvalue weighted by Gasteiger charge is 2.16. The van der Waals surface area contributed by atoms with E-state index in [0.29, 0.717) is 23.2 Å². The summed E-state index contributed by atoms with van der Waals surface area (Å²) in [5.74, 6) is -0.286. The van der Waals surface area contributed by atoms with E-state index in [1.165, 1.54) is 17.4 Å². The summed E-state index contributed by atoms with van der Waals surface area (Å²) < 4.78 is 37.4. The van der Waals surface area contributed by atoms with Crippen molar-refractivity contribution in [3.63, 3.8) is 0 Å². The molecule has 0 bridgehead atoms. The average Bonchev–Trinajstić information content (AvgIpc) is 2.15. The largest absolute Gasteiger partial charge is 0.273 e. The van der Waals surface area contributed by atoms with E-state index in [-0.39, 0.29) is 5.82 Å². The van der Waals surface area contributed by atoms with E-state index in [1.54, 1.807) is 13.0 Å². The molecule has 0 aromatic heterocycles. The van der Waals surface area contributed by atoms with Crippen LogP contribution < -0.4 is 4.31 Å². The van der Waals surface area contributed by atoms with Gasteiger partial charge in [-0.25, -0.2) is 12.8 Å². The summed E-state index contributed by atoms with van der Waals surface area (Å²) in [6.45, 7) is 3.53. The highest BCUT2D eigenvalue weighted by molar-refractivity contribution is 7.92. The molecule has 0 radical (unpaired) electrons. The van der Waals surface area contributed by atoms with Crippen molar-refractivity contribution in [3.8, 4) is 0 Å². The molecule has 0 N–H and O–H groups in total. The molecule has 1 aromatic rings. The van der Waals surface area contributed by atoms with Crippen LogP contribution in [0.25, 0.3) is 0 Å². The van der Waals surface area contributed by atoms with Gasteiger partial charge < -0.3 is 0 Å². The van der Waals surface area contributed by atoms with Crippen molar-refractivity contribution in [2.45, 2.75) is 20.3 Å². The van der Waals surface area contributed by atoms with E-state index in [2.05, 4.69) is 0 Å². The fraction of sp³-hybridized carbons (Fsp3) is 0.455. The summed E-state index contributed by atoms with van der Waals surface area (Å²) >= 11 is 0. The Kier molecular flexibility index (Phi) is 3.57. The van der Waals surface area contributed by atoms with E-state index in [9.17, 15) is 12.8 Å². The topological polar surface area (TPSA) is 37.4 Å². The first-order valence-electron chi connectivity index (χ1n) is 5.00. The van der Waals surface area contributed by atoms with Gasteiger partial charge in [0.15, 0.2) is 0 Å². The van der Waals surface area contributed by atoms with Gasteiger partial charge in [0.2, 0.25) is 10.0 Å². The molecule has 0 aliphatic rings. The third-order valence-corrected chi connectivity index (χ3v) is 3.77. The molecule has 90 valence electrons. The van der Waals surface area contributed by atoms with Crippen molar-refractivity contribution in [2.24, 2.45) is 0 Å². The molecule has 1 aromatic carbocycles. The van der Waals surface area contributed by atoms with Gasteiger partial charge in [-0.05, 0) is 36.6 Å². The van der Waals surface area contributed by atoms with Gasteiger partial charge in [0.25, 0.3) is 0 Å². The van der Waals surface area contributed by atoms with E-state index in [4.69, 9.17) is 0 Å². The molecule has 0 atom stereocenters. The van der Waals surface area contributed by atoms with E-state index in [0.717, 1.165) is 6.26 Å². The number of anilines is 1. The molecule has 0 aliphatic carbocycles. The zero-order valence-corrected chi connectivity index (χ0v) is 10.7. The van der Waals surface area contributed by atoms with E-state index in [1.807, 2.05) is 6.92 Å². The molecule has 0 spiro atoms. The van der Waals surface area contributed by atoms with Gasteiger partial charge >= 0.3 is 0 Å². The summed E-state index contributed by atoms with van der Waals surface area (Å²) in [6, 6.07) is 2.96. The lowest BCUT2D eigenvalue weighted by Gasteiger charge is -2.20. The maximum atomic E-state index is 13.4. The second kappa shape index (κ2) is 4.41. The first-order valence-corrected chi connectivity index (χ1v) is 6.85. The fourth-order valence-electron chi connectivity index (χ4n) is 1.49. The van der Waals surface area contributed by atoms with Gasteiger partial charge in [-0.1, -0.05) is 6.92 Å². The number of nitrogens with zero attached hydrogens (tertiary/aromatic N) is 1. The summed E-state index contributed by atoms with van der Waals surface area (Å²) in [4.78, 5) is 0. The maximum Gasteiger partial charge on any atom is 0.232 e. The van der Waals surface area contributed by atoms with Crippen molar-refractivity contribution >= 4 is 15.7 Å². The van der Waals surface area contributed by atoms with E-state index >= 15 is 0 Å². The predicted molar refractivity (Wildman–Crippen MR) is 63.8 cm³/mol. The molecule has 5 heteroatoms. The lowest BCUT2D eigenvalue weighted by Crippen LogP contribution is -2.25. The van der Waals surface area contributed by atoms with Crippen molar-refractivity contribution < 1.29 is 12.8 Å². The minimum Gasteiger partial charge on any atom is -0.273 e. The first kappa shape index (κ1) is 13.0. The molecule has 0 fully saturated rings. The number of benzene rings is 1. The van der Waals surface area contributed by atoms with E-state index < -0.39 is 10.0 Å². The zero-order chi connectivity index (χ0) is 12.5. The van der Waals surface area contributed by atoms with Crippen LogP contribution in [0.4, 0.5) is 10.1 Å². The first-order chi connectivity index (χ1) is 7.27.